The SMILES string of the molecule is O=C(O)c1ccc(Oc2cnc(NC(=O)C(Oc3ccc(F)cc3F)c3ccc(S(=O)(=O)C4CC4)cc3)s2)cc1F. The lowest BCUT2D eigenvalue weighted by atomic mass is 10.1. The number of carbonyl (C=O) groups excluding carboxylic acids is 1. The highest BCUT2D eigenvalue weighted by Crippen LogP contribution is 2.35. The number of carboxylic acid groups (broad SMARTS) is 1. The fraction of sp³-hybridized carbons (Fsp3) is 0.148. The van der Waals surface area contributed by atoms with Gasteiger partial charge in [0.05, 0.1) is 21.9 Å². The van der Waals surface area contributed by atoms with Crippen molar-refractivity contribution in [3.05, 3.63) is 95.4 Å². The quantitative estimate of drug-likeness (QED) is 0.234. The minimum atomic E-state index is -3.50. The van der Waals surface area contributed by atoms with Gasteiger partial charge in [0.25, 0.3) is 5.91 Å². The van der Waals surface area contributed by atoms with Crippen LogP contribution < -0.4 is 14.8 Å². The van der Waals surface area contributed by atoms with Crippen LogP contribution in [-0.2, 0) is 14.6 Å². The van der Waals surface area contributed by atoms with E-state index in [-0.39, 0.29) is 26.4 Å². The van der Waals surface area contributed by atoms with Crippen molar-refractivity contribution in [3.63, 3.8) is 0 Å². The molecule has 1 aromatic heterocycles. The molecule has 0 saturated heterocycles. The molecule has 1 aliphatic rings. The average molecular weight is 605 g/mol. The van der Waals surface area contributed by atoms with E-state index in [4.69, 9.17) is 14.6 Å². The van der Waals surface area contributed by atoms with Gasteiger partial charge in [0.1, 0.15) is 17.4 Å². The highest BCUT2D eigenvalue weighted by molar-refractivity contribution is 7.92. The van der Waals surface area contributed by atoms with Crippen molar-refractivity contribution in [3.8, 4) is 16.6 Å². The molecular weight excluding hydrogens is 585 g/mol. The van der Waals surface area contributed by atoms with Crippen molar-refractivity contribution in [2.24, 2.45) is 0 Å². The number of carboxylic acids is 1. The van der Waals surface area contributed by atoms with Gasteiger partial charge in [0.15, 0.2) is 26.5 Å². The van der Waals surface area contributed by atoms with Gasteiger partial charge in [-0.3, -0.25) is 10.1 Å². The Morgan fingerprint density at radius 1 is 1.00 bits per heavy atom. The average Bonchev–Trinajstić information content (AvgIpc) is 3.70. The Morgan fingerprint density at radius 3 is 2.37 bits per heavy atom. The van der Waals surface area contributed by atoms with Gasteiger partial charge in [-0.25, -0.2) is 31.4 Å². The van der Waals surface area contributed by atoms with Crippen molar-refractivity contribution in [1.29, 1.82) is 0 Å². The Morgan fingerprint density at radius 2 is 1.73 bits per heavy atom. The zero-order valence-electron chi connectivity index (χ0n) is 20.7. The second-order valence-electron chi connectivity index (χ2n) is 8.91. The predicted octanol–water partition coefficient (Wildman–Crippen LogP) is 5.75. The molecule has 0 bridgehead atoms. The van der Waals surface area contributed by atoms with E-state index < -0.39 is 61.8 Å². The number of nitrogens with one attached hydrogen (secondary N) is 1. The summed E-state index contributed by atoms with van der Waals surface area (Å²) in [7, 11) is -3.50. The van der Waals surface area contributed by atoms with Crippen LogP contribution >= 0.6 is 11.3 Å². The normalized spacial score (nSPS) is 13.8. The van der Waals surface area contributed by atoms with E-state index in [9.17, 15) is 31.2 Å². The van der Waals surface area contributed by atoms with Gasteiger partial charge < -0.3 is 14.6 Å². The molecule has 1 saturated carbocycles. The fourth-order valence-corrected chi connectivity index (χ4v) is 6.11. The van der Waals surface area contributed by atoms with Crippen molar-refractivity contribution < 1.29 is 45.8 Å². The van der Waals surface area contributed by atoms with Crippen molar-refractivity contribution >= 4 is 38.2 Å². The third-order valence-corrected chi connectivity index (χ3v) is 9.02. The first-order valence-corrected chi connectivity index (χ1v) is 14.3. The van der Waals surface area contributed by atoms with Crippen LogP contribution in [0.1, 0.15) is 34.9 Å². The molecule has 1 heterocycles. The summed E-state index contributed by atoms with van der Waals surface area (Å²) in [4.78, 5) is 28.4. The zero-order valence-corrected chi connectivity index (χ0v) is 22.3. The van der Waals surface area contributed by atoms with Crippen molar-refractivity contribution in [2.75, 3.05) is 5.32 Å². The van der Waals surface area contributed by atoms with Crippen LogP contribution in [0.5, 0.6) is 16.6 Å². The minimum Gasteiger partial charge on any atom is -0.478 e. The molecule has 2 N–H and O–H groups in total. The minimum absolute atomic E-state index is 0.0109. The van der Waals surface area contributed by atoms with E-state index in [0.29, 0.717) is 18.9 Å². The molecule has 0 spiro atoms. The Bertz CT molecular complexity index is 1740. The molecular formula is C27H19F3N2O7S2. The number of nitrogens with zero attached hydrogens (tertiary/aromatic N) is 1. The lowest BCUT2D eigenvalue weighted by Gasteiger charge is -2.19. The number of rotatable bonds is 10. The molecule has 5 rings (SSSR count). The molecule has 1 fully saturated rings. The van der Waals surface area contributed by atoms with E-state index in [1.165, 1.54) is 36.5 Å². The molecule has 1 unspecified atom stereocenters. The topological polar surface area (TPSA) is 132 Å². The number of ether oxygens (including phenoxy) is 2. The third kappa shape index (κ3) is 6.33. The second kappa shape index (κ2) is 11.2. The summed E-state index contributed by atoms with van der Waals surface area (Å²) in [6, 6.07) is 11.1. The molecule has 4 aromatic rings. The Hall–Kier alpha value is -4.43. The third-order valence-electron chi connectivity index (χ3n) is 5.96. The molecule has 1 atom stereocenters. The van der Waals surface area contributed by atoms with Crippen molar-refractivity contribution in [1.82, 2.24) is 4.98 Å². The van der Waals surface area contributed by atoms with Gasteiger partial charge in [0, 0.05) is 17.7 Å². The number of amides is 1. The van der Waals surface area contributed by atoms with Crippen LogP contribution in [-0.4, -0.2) is 35.6 Å². The lowest BCUT2D eigenvalue weighted by molar-refractivity contribution is -0.123. The van der Waals surface area contributed by atoms with Crippen LogP contribution in [0, 0.1) is 17.5 Å². The lowest BCUT2D eigenvalue weighted by Crippen LogP contribution is -2.26. The van der Waals surface area contributed by atoms with Gasteiger partial charge in [-0.15, -0.1) is 0 Å². The number of aromatic carboxylic acids is 1. The van der Waals surface area contributed by atoms with Gasteiger partial charge in [-0.05, 0) is 49.2 Å². The monoisotopic (exact) mass is 604 g/mol. The first-order chi connectivity index (χ1) is 19.5. The van der Waals surface area contributed by atoms with E-state index >= 15 is 0 Å². The first kappa shape index (κ1) is 28.1. The second-order valence-corrected chi connectivity index (χ2v) is 12.1. The Balaban J connectivity index is 1.36. The molecule has 9 nitrogen and oxygen atoms in total. The molecule has 1 amide bonds. The number of carbonyl (C=O) groups is 2. The highest BCUT2D eigenvalue weighted by Gasteiger charge is 2.37. The van der Waals surface area contributed by atoms with E-state index in [1.54, 1.807) is 0 Å². The number of aromatic nitrogens is 1. The number of hydrogen-bond acceptors (Lipinski definition) is 8. The van der Waals surface area contributed by atoms with Crippen LogP contribution in [0.25, 0.3) is 0 Å². The summed E-state index contributed by atoms with van der Waals surface area (Å²) >= 11 is 0.850. The number of hydrogen-bond donors (Lipinski definition) is 2. The maximum absolute atomic E-state index is 14.4. The van der Waals surface area contributed by atoms with Crippen molar-refractivity contribution in [2.45, 2.75) is 29.1 Å². The first-order valence-electron chi connectivity index (χ1n) is 11.9. The Kier molecular flexibility index (Phi) is 7.69. The molecule has 0 radical (unpaired) electrons. The zero-order chi connectivity index (χ0) is 29.3. The summed E-state index contributed by atoms with van der Waals surface area (Å²) < 4.78 is 78.0. The van der Waals surface area contributed by atoms with Crippen LogP contribution in [0.3, 0.4) is 0 Å². The largest absolute Gasteiger partial charge is 0.478 e. The predicted molar refractivity (Wildman–Crippen MR) is 141 cm³/mol. The van der Waals surface area contributed by atoms with Gasteiger partial charge in [0.2, 0.25) is 11.2 Å². The summed E-state index contributed by atoms with van der Waals surface area (Å²) in [5.41, 5.74) is -0.348. The van der Waals surface area contributed by atoms with E-state index in [2.05, 4.69) is 10.3 Å². The smallest absolute Gasteiger partial charge is 0.338 e. The van der Waals surface area contributed by atoms with E-state index in [0.717, 1.165) is 35.6 Å². The number of halogens is 3. The Labute approximate surface area is 235 Å². The van der Waals surface area contributed by atoms with Gasteiger partial charge >= 0.3 is 5.97 Å². The number of benzene rings is 3. The van der Waals surface area contributed by atoms with Gasteiger partial charge in [-0.2, -0.15) is 0 Å². The number of thiazole rings is 1. The summed E-state index contributed by atoms with van der Waals surface area (Å²) in [6.07, 6.45) is 0.878. The molecule has 212 valence electrons. The highest BCUT2D eigenvalue weighted by atomic mass is 32.2. The fourth-order valence-electron chi connectivity index (χ4n) is 3.76. The standard InChI is InChI=1S/C27H19F3N2O7S2/c28-15-3-10-22(21(30)11-15)39-24(14-1-5-17(6-2-14)41(36,37)18-7-8-18)25(33)32-27-31-13-23(40-27)38-16-4-9-19(26(34)35)20(29)12-16/h1-6,9-13,18,24H,7-8H2,(H,34,35)(H,31,32,33). The molecule has 14 heteroatoms. The molecule has 0 aliphatic heterocycles. The van der Waals surface area contributed by atoms with Crippen LogP contribution in [0.15, 0.2) is 71.8 Å². The molecule has 3 aromatic carbocycles. The number of sulfone groups is 1. The summed E-state index contributed by atoms with van der Waals surface area (Å²) in [5.74, 6) is -5.59. The molecule has 41 heavy (non-hydrogen) atoms. The summed E-state index contributed by atoms with van der Waals surface area (Å²) in [6.45, 7) is 0. The van der Waals surface area contributed by atoms with Crippen LogP contribution in [0.2, 0.25) is 0 Å². The summed E-state index contributed by atoms with van der Waals surface area (Å²) in [5, 5.41) is 11.2. The van der Waals surface area contributed by atoms with Crippen LogP contribution in [0.4, 0.5) is 18.3 Å². The van der Waals surface area contributed by atoms with E-state index in [1.807, 2.05) is 0 Å². The maximum Gasteiger partial charge on any atom is 0.338 e. The maximum atomic E-state index is 14.4. The number of anilines is 1. The van der Waals surface area contributed by atoms with Gasteiger partial charge in [-0.1, -0.05) is 23.5 Å². The molecule has 1 aliphatic carbocycles.